The van der Waals surface area contributed by atoms with Gasteiger partial charge in [0.15, 0.2) is 0 Å². The van der Waals surface area contributed by atoms with Gasteiger partial charge in [-0.05, 0) is 29.8 Å². The lowest BCUT2D eigenvalue weighted by Gasteiger charge is -2.32. The van der Waals surface area contributed by atoms with Crippen molar-refractivity contribution in [3.05, 3.63) is 53.6 Å². The summed E-state index contributed by atoms with van der Waals surface area (Å²) < 4.78 is 5.62. The maximum atomic E-state index is 10.9. The van der Waals surface area contributed by atoms with Gasteiger partial charge in [-0.15, -0.1) is 0 Å². The third-order valence-electron chi connectivity index (χ3n) is 3.54. The van der Waals surface area contributed by atoms with E-state index in [-0.39, 0.29) is 0 Å². The van der Waals surface area contributed by atoms with E-state index in [2.05, 4.69) is 4.90 Å². The van der Waals surface area contributed by atoms with Crippen molar-refractivity contribution in [3.8, 4) is 5.75 Å². The lowest BCUT2D eigenvalue weighted by Crippen LogP contribution is -2.32. The molecule has 0 aromatic heterocycles. The molecule has 0 radical (unpaired) electrons. The molecule has 0 amide bonds. The van der Waals surface area contributed by atoms with E-state index in [0.717, 1.165) is 23.5 Å². The van der Waals surface area contributed by atoms with Crippen LogP contribution in [0.2, 0.25) is 0 Å². The van der Waals surface area contributed by atoms with Crippen LogP contribution in [0.25, 0.3) is 0 Å². The zero-order valence-electron chi connectivity index (χ0n) is 11.5. The largest absolute Gasteiger partial charge is 0.489 e. The standard InChI is InChI=1S/C16H16N2O3/c17-13-2-1-3-14-15(13)18(8-9-21-14)10-11-4-6-12(7-5-11)16(19)20/h1-7H,8-10,17H2,(H,19,20). The molecule has 2 aromatic rings. The van der Waals surface area contributed by atoms with Crippen molar-refractivity contribution in [1.29, 1.82) is 0 Å². The van der Waals surface area contributed by atoms with Gasteiger partial charge in [-0.2, -0.15) is 0 Å². The van der Waals surface area contributed by atoms with Crippen LogP contribution >= 0.6 is 0 Å². The van der Waals surface area contributed by atoms with Crippen molar-refractivity contribution in [3.63, 3.8) is 0 Å². The fourth-order valence-electron chi connectivity index (χ4n) is 2.50. The monoisotopic (exact) mass is 284 g/mol. The number of hydrogen-bond acceptors (Lipinski definition) is 4. The fraction of sp³-hybridized carbons (Fsp3) is 0.188. The van der Waals surface area contributed by atoms with E-state index in [1.807, 2.05) is 30.3 Å². The number of nitrogen functional groups attached to an aromatic ring is 1. The Labute approximate surface area is 122 Å². The average molecular weight is 284 g/mol. The topological polar surface area (TPSA) is 75.8 Å². The van der Waals surface area contributed by atoms with Gasteiger partial charge in [-0.1, -0.05) is 18.2 Å². The summed E-state index contributed by atoms with van der Waals surface area (Å²) in [6.07, 6.45) is 0. The number of nitrogens with two attached hydrogens (primary N) is 1. The predicted molar refractivity (Wildman–Crippen MR) is 80.8 cm³/mol. The van der Waals surface area contributed by atoms with Crippen LogP contribution in [0.5, 0.6) is 5.75 Å². The minimum Gasteiger partial charge on any atom is -0.489 e. The normalized spacial score (nSPS) is 13.4. The molecule has 1 aliphatic rings. The molecule has 0 bridgehead atoms. The van der Waals surface area contributed by atoms with E-state index in [4.69, 9.17) is 15.6 Å². The van der Waals surface area contributed by atoms with Crippen LogP contribution < -0.4 is 15.4 Å². The molecule has 0 fully saturated rings. The number of ether oxygens (including phenoxy) is 1. The molecule has 5 nitrogen and oxygen atoms in total. The minimum atomic E-state index is -0.914. The molecule has 0 saturated heterocycles. The van der Waals surface area contributed by atoms with E-state index >= 15 is 0 Å². The van der Waals surface area contributed by atoms with E-state index in [9.17, 15) is 4.79 Å². The molecule has 3 N–H and O–H groups in total. The van der Waals surface area contributed by atoms with Crippen LogP contribution in [-0.4, -0.2) is 24.2 Å². The summed E-state index contributed by atoms with van der Waals surface area (Å²) in [7, 11) is 0. The number of carboxylic acid groups (broad SMARTS) is 1. The first-order valence-electron chi connectivity index (χ1n) is 6.73. The fourth-order valence-corrected chi connectivity index (χ4v) is 2.50. The third-order valence-corrected chi connectivity index (χ3v) is 3.54. The number of nitrogens with zero attached hydrogens (tertiary/aromatic N) is 1. The van der Waals surface area contributed by atoms with Gasteiger partial charge in [-0.3, -0.25) is 0 Å². The average Bonchev–Trinajstić information content (AvgIpc) is 2.48. The second-order valence-electron chi connectivity index (χ2n) is 4.97. The van der Waals surface area contributed by atoms with Gasteiger partial charge in [0, 0.05) is 6.54 Å². The number of para-hydroxylation sites is 1. The molecule has 5 heteroatoms. The molecule has 3 rings (SSSR count). The summed E-state index contributed by atoms with van der Waals surface area (Å²) in [5.41, 5.74) is 8.98. The molecule has 2 aromatic carbocycles. The summed E-state index contributed by atoms with van der Waals surface area (Å²) >= 11 is 0. The lowest BCUT2D eigenvalue weighted by atomic mass is 10.1. The molecule has 0 atom stereocenters. The zero-order valence-corrected chi connectivity index (χ0v) is 11.5. The van der Waals surface area contributed by atoms with Crippen LogP contribution in [0, 0.1) is 0 Å². The van der Waals surface area contributed by atoms with Gasteiger partial charge in [0.25, 0.3) is 0 Å². The molecule has 1 heterocycles. The van der Waals surface area contributed by atoms with E-state index in [1.54, 1.807) is 12.1 Å². The highest BCUT2D eigenvalue weighted by Gasteiger charge is 2.20. The quantitative estimate of drug-likeness (QED) is 0.846. The Kier molecular flexibility index (Phi) is 3.39. The SMILES string of the molecule is Nc1cccc2c1N(Cc1ccc(C(=O)O)cc1)CCO2. The van der Waals surface area contributed by atoms with Gasteiger partial charge in [0.05, 0.1) is 17.8 Å². The first-order chi connectivity index (χ1) is 10.1. The smallest absolute Gasteiger partial charge is 0.335 e. The molecule has 108 valence electrons. The number of rotatable bonds is 3. The summed E-state index contributed by atoms with van der Waals surface area (Å²) in [6, 6.07) is 12.5. The number of anilines is 2. The van der Waals surface area contributed by atoms with Crippen LogP contribution in [0.3, 0.4) is 0 Å². The summed E-state index contributed by atoms with van der Waals surface area (Å²) in [5.74, 6) is -0.120. The predicted octanol–water partition coefficient (Wildman–Crippen LogP) is 2.37. The second kappa shape index (κ2) is 5.36. The lowest BCUT2D eigenvalue weighted by molar-refractivity contribution is 0.0697. The van der Waals surface area contributed by atoms with Gasteiger partial charge in [-0.25, -0.2) is 4.79 Å². The van der Waals surface area contributed by atoms with Crippen molar-refractivity contribution >= 4 is 17.3 Å². The number of carbonyl (C=O) groups is 1. The highest BCUT2D eigenvalue weighted by atomic mass is 16.5. The minimum absolute atomic E-state index is 0.292. The molecule has 1 aliphatic heterocycles. The zero-order chi connectivity index (χ0) is 14.8. The summed E-state index contributed by atoms with van der Waals surface area (Å²) in [6.45, 7) is 2.04. The van der Waals surface area contributed by atoms with Crippen molar-refractivity contribution in [2.24, 2.45) is 0 Å². The molecular weight excluding hydrogens is 268 g/mol. The third kappa shape index (κ3) is 2.63. The van der Waals surface area contributed by atoms with Crippen molar-refractivity contribution in [2.45, 2.75) is 6.54 Å². The Hall–Kier alpha value is -2.69. The van der Waals surface area contributed by atoms with E-state index < -0.39 is 5.97 Å². The maximum absolute atomic E-state index is 10.9. The molecule has 21 heavy (non-hydrogen) atoms. The molecule has 0 spiro atoms. The van der Waals surface area contributed by atoms with Gasteiger partial charge >= 0.3 is 5.97 Å². The first kappa shape index (κ1) is 13.3. The summed E-state index contributed by atoms with van der Waals surface area (Å²) in [4.78, 5) is 13.0. The Morgan fingerprint density at radius 3 is 2.71 bits per heavy atom. The maximum Gasteiger partial charge on any atom is 0.335 e. The van der Waals surface area contributed by atoms with E-state index in [0.29, 0.717) is 24.4 Å². The summed E-state index contributed by atoms with van der Waals surface area (Å²) in [5, 5.41) is 8.92. The number of hydrogen-bond donors (Lipinski definition) is 2. The Morgan fingerprint density at radius 1 is 1.24 bits per heavy atom. The Balaban J connectivity index is 1.85. The molecular formula is C16H16N2O3. The highest BCUT2D eigenvalue weighted by molar-refractivity contribution is 5.87. The van der Waals surface area contributed by atoms with Gasteiger partial charge in [0.2, 0.25) is 0 Å². The van der Waals surface area contributed by atoms with Crippen LogP contribution in [0.4, 0.5) is 11.4 Å². The number of carboxylic acids is 1. The number of fused-ring (bicyclic) bond motifs is 1. The first-order valence-corrected chi connectivity index (χ1v) is 6.73. The van der Waals surface area contributed by atoms with Crippen molar-refractivity contribution in [2.75, 3.05) is 23.8 Å². The van der Waals surface area contributed by atoms with Gasteiger partial charge < -0.3 is 20.5 Å². The number of aromatic carboxylic acids is 1. The van der Waals surface area contributed by atoms with Crippen LogP contribution in [-0.2, 0) is 6.54 Å². The van der Waals surface area contributed by atoms with Crippen LogP contribution in [0.1, 0.15) is 15.9 Å². The second-order valence-corrected chi connectivity index (χ2v) is 4.97. The van der Waals surface area contributed by atoms with Crippen LogP contribution in [0.15, 0.2) is 42.5 Å². The molecule has 0 saturated carbocycles. The van der Waals surface area contributed by atoms with E-state index in [1.165, 1.54) is 0 Å². The van der Waals surface area contributed by atoms with Crippen molar-refractivity contribution < 1.29 is 14.6 Å². The van der Waals surface area contributed by atoms with Gasteiger partial charge in [0.1, 0.15) is 18.0 Å². The highest BCUT2D eigenvalue weighted by Crippen LogP contribution is 2.37. The van der Waals surface area contributed by atoms with Crippen molar-refractivity contribution in [1.82, 2.24) is 0 Å². The molecule has 0 aliphatic carbocycles. The molecule has 0 unspecified atom stereocenters. The Morgan fingerprint density at radius 2 is 2.00 bits per heavy atom. The Bertz CT molecular complexity index is 668. The number of benzene rings is 2.